The van der Waals surface area contributed by atoms with E-state index in [2.05, 4.69) is 12.2 Å². The molecule has 0 amide bonds. The monoisotopic (exact) mass is 252 g/mol. The molecule has 0 saturated heterocycles. The molecule has 0 unspecified atom stereocenters. The number of sulfonamides is 1. The Balaban J connectivity index is 2.45. The molecule has 1 aliphatic rings. The number of nitrogens with two attached hydrogens (primary N) is 1. The van der Waals surface area contributed by atoms with Gasteiger partial charge in [-0.3, -0.25) is 0 Å². The SMILES string of the molecule is CN(CC1CC(O)C1)S(=O)(=O)CC(N)=S. The molecule has 0 bridgehead atoms. The zero-order valence-corrected chi connectivity index (χ0v) is 10.2. The standard InChI is InChI=1S/C8H16N2O3S2/c1-10(4-6-2-7(11)3-6)15(12,13)5-8(9)14/h6-7,11H,2-5H2,1H3,(H2,9,14). The second-order valence-electron chi connectivity index (χ2n) is 3.99. The first-order valence-corrected chi connectivity index (χ1v) is 6.73. The van der Waals surface area contributed by atoms with Crippen molar-refractivity contribution in [2.45, 2.75) is 18.9 Å². The van der Waals surface area contributed by atoms with Crippen LogP contribution in [0.2, 0.25) is 0 Å². The summed E-state index contributed by atoms with van der Waals surface area (Å²) in [4.78, 5) is -0.0181. The summed E-state index contributed by atoms with van der Waals surface area (Å²) in [5.41, 5.74) is 5.20. The fourth-order valence-electron chi connectivity index (χ4n) is 1.62. The van der Waals surface area contributed by atoms with Crippen LogP contribution in [0.3, 0.4) is 0 Å². The maximum absolute atomic E-state index is 11.6. The van der Waals surface area contributed by atoms with Gasteiger partial charge in [0.05, 0.1) is 11.1 Å². The lowest BCUT2D eigenvalue weighted by molar-refractivity contribution is 0.0367. The molecule has 15 heavy (non-hydrogen) atoms. The quantitative estimate of drug-likeness (QED) is 0.633. The van der Waals surface area contributed by atoms with Crippen LogP contribution in [0.25, 0.3) is 0 Å². The van der Waals surface area contributed by atoms with Crippen LogP contribution in [0.1, 0.15) is 12.8 Å². The molecule has 7 heteroatoms. The Kier molecular flexibility index (Phi) is 4.05. The van der Waals surface area contributed by atoms with Gasteiger partial charge in [-0.2, -0.15) is 0 Å². The minimum Gasteiger partial charge on any atom is -0.393 e. The van der Waals surface area contributed by atoms with E-state index < -0.39 is 10.0 Å². The van der Waals surface area contributed by atoms with Gasteiger partial charge in [-0.25, -0.2) is 12.7 Å². The minimum atomic E-state index is -3.36. The number of aliphatic hydroxyl groups excluding tert-OH is 1. The molecule has 0 aliphatic heterocycles. The van der Waals surface area contributed by atoms with E-state index in [0.717, 1.165) is 0 Å². The molecular weight excluding hydrogens is 236 g/mol. The van der Waals surface area contributed by atoms with Crippen molar-refractivity contribution in [3.8, 4) is 0 Å². The summed E-state index contributed by atoms with van der Waals surface area (Å²) in [5, 5.41) is 9.07. The van der Waals surface area contributed by atoms with Gasteiger partial charge < -0.3 is 10.8 Å². The van der Waals surface area contributed by atoms with Crippen LogP contribution in [0.5, 0.6) is 0 Å². The second kappa shape index (κ2) is 4.73. The van der Waals surface area contributed by atoms with Crippen molar-refractivity contribution in [2.24, 2.45) is 11.7 Å². The molecule has 1 rings (SSSR count). The Bertz CT molecular complexity index is 336. The van der Waals surface area contributed by atoms with Gasteiger partial charge in [0.25, 0.3) is 0 Å². The first-order valence-electron chi connectivity index (χ1n) is 4.71. The Morgan fingerprint density at radius 2 is 2.13 bits per heavy atom. The van der Waals surface area contributed by atoms with Crippen LogP contribution in [-0.4, -0.2) is 48.3 Å². The van der Waals surface area contributed by atoms with Gasteiger partial charge in [-0.05, 0) is 18.8 Å². The predicted molar refractivity (Wildman–Crippen MR) is 61.9 cm³/mol. The smallest absolute Gasteiger partial charge is 0.220 e. The van der Waals surface area contributed by atoms with E-state index in [0.29, 0.717) is 19.4 Å². The van der Waals surface area contributed by atoms with E-state index in [1.807, 2.05) is 0 Å². The lowest BCUT2D eigenvalue weighted by atomic mass is 9.82. The molecule has 0 aromatic rings. The Morgan fingerprint density at radius 3 is 2.53 bits per heavy atom. The molecule has 0 spiro atoms. The van der Waals surface area contributed by atoms with Crippen molar-refractivity contribution >= 4 is 27.2 Å². The van der Waals surface area contributed by atoms with E-state index in [1.54, 1.807) is 0 Å². The summed E-state index contributed by atoms with van der Waals surface area (Å²) in [6.45, 7) is 0.433. The van der Waals surface area contributed by atoms with Crippen molar-refractivity contribution < 1.29 is 13.5 Å². The van der Waals surface area contributed by atoms with Crippen molar-refractivity contribution in [3.63, 3.8) is 0 Å². The van der Waals surface area contributed by atoms with E-state index in [9.17, 15) is 8.42 Å². The molecule has 0 aromatic heterocycles. The predicted octanol–water partition coefficient (Wildman–Crippen LogP) is -0.695. The molecule has 5 nitrogen and oxygen atoms in total. The molecule has 0 aromatic carbocycles. The molecule has 88 valence electrons. The minimum absolute atomic E-state index is 0.0181. The maximum atomic E-state index is 11.6. The first kappa shape index (κ1) is 12.8. The summed E-state index contributed by atoms with van der Waals surface area (Å²) < 4.78 is 24.5. The highest BCUT2D eigenvalue weighted by Gasteiger charge is 2.31. The van der Waals surface area contributed by atoms with Crippen LogP contribution in [-0.2, 0) is 10.0 Å². The summed E-state index contributed by atoms with van der Waals surface area (Å²) in [6.07, 6.45) is 1.08. The highest BCUT2D eigenvalue weighted by Crippen LogP contribution is 2.28. The molecule has 0 radical (unpaired) electrons. The number of thiocarbonyl (C=S) groups is 1. The first-order chi connectivity index (χ1) is 6.81. The highest BCUT2D eigenvalue weighted by molar-refractivity contribution is 7.92. The molecule has 0 heterocycles. The van der Waals surface area contributed by atoms with E-state index in [-0.39, 0.29) is 22.8 Å². The molecule has 1 fully saturated rings. The number of rotatable bonds is 5. The van der Waals surface area contributed by atoms with Crippen LogP contribution in [0.15, 0.2) is 0 Å². The molecule has 3 N–H and O–H groups in total. The van der Waals surface area contributed by atoms with Crippen molar-refractivity contribution in [2.75, 3.05) is 19.3 Å². The summed E-state index contributed by atoms with van der Waals surface area (Å²) >= 11 is 4.57. The van der Waals surface area contributed by atoms with Gasteiger partial charge in [-0.15, -0.1) is 0 Å². The zero-order chi connectivity index (χ0) is 11.6. The van der Waals surface area contributed by atoms with Crippen LogP contribution >= 0.6 is 12.2 Å². The number of hydrogen-bond donors (Lipinski definition) is 2. The van der Waals surface area contributed by atoms with E-state index >= 15 is 0 Å². The highest BCUT2D eigenvalue weighted by atomic mass is 32.2. The Hall–Kier alpha value is -0.240. The van der Waals surface area contributed by atoms with Gasteiger partial charge in [0.1, 0.15) is 5.75 Å². The molecule has 1 saturated carbocycles. The van der Waals surface area contributed by atoms with E-state index in [4.69, 9.17) is 10.8 Å². The molecule has 1 aliphatic carbocycles. The average Bonchev–Trinajstić information content (AvgIpc) is 1.98. The third-order valence-corrected chi connectivity index (χ3v) is 4.63. The summed E-state index contributed by atoms with van der Waals surface area (Å²) in [6, 6.07) is 0. The van der Waals surface area contributed by atoms with Gasteiger partial charge in [0.2, 0.25) is 10.0 Å². The Labute approximate surface area is 95.3 Å². The lowest BCUT2D eigenvalue weighted by Gasteiger charge is -2.33. The summed E-state index contributed by atoms with van der Waals surface area (Å²) in [5.74, 6) is -0.0280. The van der Waals surface area contributed by atoms with Crippen LogP contribution < -0.4 is 5.73 Å². The third kappa shape index (κ3) is 3.67. The Morgan fingerprint density at radius 1 is 1.60 bits per heavy atom. The number of nitrogens with zero attached hydrogens (tertiary/aromatic N) is 1. The van der Waals surface area contributed by atoms with Crippen molar-refractivity contribution in [3.05, 3.63) is 0 Å². The second-order valence-corrected chi connectivity index (χ2v) is 6.59. The van der Waals surface area contributed by atoms with Crippen molar-refractivity contribution in [1.82, 2.24) is 4.31 Å². The third-order valence-electron chi connectivity index (χ3n) is 2.53. The van der Waals surface area contributed by atoms with Crippen molar-refractivity contribution in [1.29, 1.82) is 0 Å². The maximum Gasteiger partial charge on any atom is 0.220 e. The topological polar surface area (TPSA) is 83.6 Å². The molecule has 0 atom stereocenters. The normalized spacial score (nSPS) is 26.3. The van der Waals surface area contributed by atoms with Gasteiger partial charge in [0.15, 0.2) is 0 Å². The van der Waals surface area contributed by atoms with E-state index in [1.165, 1.54) is 11.4 Å². The number of hydrogen-bond acceptors (Lipinski definition) is 4. The van der Waals surface area contributed by atoms with Crippen LogP contribution in [0, 0.1) is 5.92 Å². The largest absolute Gasteiger partial charge is 0.393 e. The fourth-order valence-corrected chi connectivity index (χ4v) is 3.08. The average molecular weight is 252 g/mol. The van der Waals surface area contributed by atoms with Gasteiger partial charge >= 0.3 is 0 Å². The van der Waals surface area contributed by atoms with Crippen LogP contribution in [0.4, 0.5) is 0 Å². The number of aliphatic hydroxyl groups is 1. The zero-order valence-electron chi connectivity index (χ0n) is 8.59. The van der Waals surface area contributed by atoms with Gasteiger partial charge in [0, 0.05) is 13.6 Å². The summed E-state index contributed by atoms with van der Waals surface area (Å²) in [7, 11) is -1.85. The van der Waals surface area contributed by atoms with Gasteiger partial charge in [-0.1, -0.05) is 12.2 Å². The lowest BCUT2D eigenvalue weighted by Crippen LogP contribution is -2.41. The fraction of sp³-hybridized carbons (Fsp3) is 0.875. The molecular formula is C8H16N2O3S2.